The van der Waals surface area contributed by atoms with Crippen molar-refractivity contribution in [2.24, 2.45) is 0 Å². The largest absolute Gasteiger partial charge is 0.525 e. The van der Waals surface area contributed by atoms with E-state index in [0.29, 0.717) is 17.5 Å². The van der Waals surface area contributed by atoms with Crippen LogP contribution in [0.4, 0.5) is 4.39 Å². The minimum atomic E-state index is -1.02. The van der Waals surface area contributed by atoms with Gasteiger partial charge in [0, 0.05) is 12.0 Å². The van der Waals surface area contributed by atoms with Crippen LogP contribution in [0, 0.1) is 11.8 Å². The molecule has 0 saturated carbocycles. The van der Waals surface area contributed by atoms with Crippen LogP contribution >= 0.6 is 0 Å². The minimum Gasteiger partial charge on any atom is -0.398 e. The second-order valence-corrected chi connectivity index (χ2v) is 6.48. The average molecular weight is 316 g/mol. The van der Waals surface area contributed by atoms with E-state index in [4.69, 9.17) is 14.4 Å². The van der Waals surface area contributed by atoms with Crippen molar-refractivity contribution in [1.29, 1.82) is 0 Å². The standard InChI is InChI=1S/C18H22BFO3/c1-17(2)18(3,4)23-19(22-17)16(20)13-15-11-6-5-9-14(15)10-7-8-12-21/h5-6,9,11,13,21H,8,12H2,1-4H3. The zero-order valence-electron chi connectivity index (χ0n) is 14.0. The Kier molecular flexibility index (Phi) is 5.31. The third-order valence-corrected chi connectivity index (χ3v) is 4.19. The molecular formula is C18H22BFO3. The molecule has 0 radical (unpaired) electrons. The molecule has 0 bridgehead atoms. The van der Waals surface area contributed by atoms with Crippen LogP contribution in [0.15, 0.2) is 30.0 Å². The quantitative estimate of drug-likeness (QED) is 0.686. The molecular weight excluding hydrogens is 294 g/mol. The fraction of sp³-hybridized carbons (Fsp3) is 0.444. The minimum absolute atomic E-state index is 0.00723. The Labute approximate surface area is 137 Å². The number of halogens is 1. The summed E-state index contributed by atoms with van der Waals surface area (Å²) in [5.74, 6) is 5.79. The van der Waals surface area contributed by atoms with Crippen LogP contribution in [0.5, 0.6) is 0 Å². The van der Waals surface area contributed by atoms with Crippen LogP contribution in [0.2, 0.25) is 0 Å². The van der Waals surface area contributed by atoms with Gasteiger partial charge in [0.25, 0.3) is 0 Å². The van der Waals surface area contributed by atoms with Gasteiger partial charge in [-0.15, -0.1) is 0 Å². The molecule has 2 rings (SSSR count). The van der Waals surface area contributed by atoms with Crippen molar-refractivity contribution in [2.75, 3.05) is 6.61 Å². The van der Waals surface area contributed by atoms with Crippen molar-refractivity contribution in [1.82, 2.24) is 0 Å². The molecule has 0 aromatic heterocycles. The first kappa shape index (κ1) is 17.7. The number of rotatable bonds is 3. The summed E-state index contributed by atoms with van der Waals surface area (Å²) in [5.41, 5.74) is -0.287. The van der Waals surface area contributed by atoms with Gasteiger partial charge < -0.3 is 14.4 Å². The van der Waals surface area contributed by atoms with Gasteiger partial charge >= 0.3 is 7.12 Å². The predicted octanol–water partition coefficient (Wildman–Crippen LogP) is 3.36. The summed E-state index contributed by atoms with van der Waals surface area (Å²) in [6, 6.07) is 7.26. The Bertz CT molecular complexity index is 640. The van der Waals surface area contributed by atoms with E-state index < -0.39 is 24.0 Å². The van der Waals surface area contributed by atoms with E-state index in [9.17, 15) is 4.39 Å². The molecule has 1 fully saturated rings. The lowest BCUT2D eigenvalue weighted by atomic mass is 9.86. The summed E-state index contributed by atoms with van der Waals surface area (Å²) < 4.78 is 26.0. The van der Waals surface area contributed by atoms with E-state index in [1.54, 1.807) is 6.07 Å². The van der Waals surface area contributed by atoms with Gasteiger partial charge in [-0.05, 0) is 45.4 Å². The molecule has 1 aliphatic heterocycles. The molecule has 1 heterocycles. The molecule has 3 nitrogen and oxygen atoms in total. The van der Waals surface area contributed by atoms with E-state index in [1.165, 1.54) is 6.08 Å². The lowest BCUT2D eigenvalue weighted by molar-refractivity contribution is 0.00578. The molecule has 1 N–H and O–H groups in total. The third-order valence-electron chi connectivity index (χ3n) is 4.19. The highest BCUT2D eigenvalue weighted by atomic mass is 19.1. The maximum Gasteiger partial charge on any atom is 0.525 e. The first-order valence-corrected chi connectivity index (χ1v) is 7.68. The highest BCUT2D eigenvalue weighted by molar-refractivity contribution is 6.54. The van der Waals surface area contributed by atoms with Crippen molar-refractivity contribution in [3.05, 3.63) is 41.1 Å². The van der Waals surface area contributed by atoms with Crippen molar-refractivity contribution in [2.45, 2.75) is 45.3 Å². The fourth-order valence-corrected chi connectivity index (χ4v) is 2.12. The van der Waals surface area contributed by atoms with Gasteiger partial charge in [-0.2, -0.15) is 0 Å². The van der Waals surface area contributed by atoms with E-state index in [2.05, 4.69) is 11.8 Å². The topological polar surface area (TPSA) is 38.7 Å². The highest BCUT2D eigenvalue weighted by Gasteiger charge is 2.53. The summed E-state index contributed by atoms with van der Waals surface area (Å²) in [6.45, 7) is 7.54. The molecule has 0 aliphatic carbocycles. The number of aliphatic hydroxyl groups is 1. The number of benzene rings is 1. The van der Waals surface area contributed by atoms with Crippen molar-refractivity contribution in [3.8, 4) is 11.8 Å². The monoisotopic (exact) mass is 316 g/mol. The normalized spacial score (nSPS) is 19.4. The van der Waals surface area contributed by atoms with Gasteiger partial charge in [-0.25, -0.2) is 4.39 Å². The number of hydrogen-bond donors (Lipinski definition) is 1. The van der Waals surface area contributed by atoms with Crippen molar-refractivity contribution >= 4 is 13.2 Å². The zero-order chi connectivity index (χ0) is 17.1. The summed E-state index contributed by atoms with van der Waals surface area (Å²) in [4.78, 5) is 0. The average Bonchev–Trinajstić information content (AvgIpc) is 2.69. The fourth-order valence-electron chi connectivity index (χ4n) is 2.12. The molecule has 1 aromatic rings. The Morgan fingerprint density at radius 1 is 1.22 bits per heavy atom. The molecule has 1 aliphatic rings. The van der Waals surface area contributed by atoms with Crippen LogP contribution in [-0.2, 0) is 9.31 Å². The lowest BCUT2D eigenvalue weighted by Gasteiger charge is -2.32. The van der Waals surface area contributed by atoms with Crippen LogP contribution in [0.3, 0.4) is 0 Å². The Morgan fingerprint density at radius 3 is 2.43 bits per heavy atom. The molecule has 1 aromatic carbocycles. The number of hydrogen-bond acceptors (Lipinski definition) is 3. The summed E-state index contributed by atoms with van der Waals surface area (Å²) in [6.07, 6.45) is 1.78. The molecule has 1 saturated heterocycles. The summed E-state index contributed by atoms with van der Waals surface area (Å²) in [5, 5.41) is 8.79. The third kappa shape index (κ3) is 4.03. The van der Waals surface area contributed by atoms with Crippen LogP contribution in [0.25, 0.3) is 6.08 Å². The zero-order valence-corrected chi connectivity index (χ0v) is 14.0. The second kappa shape index (κ2) is 6.88. The van der Waals surface area contributed by atoms with E-state index in [0.717, 1.165) is 0 Å². The first-order chi connectivity index (χ1) is 10.8. The molecule has 5 heteroatoms. The molecule has 0 unspecified atom stereocenters. The molecule has 0 amide bonds. The maximum absolute atomic E-state index is 14.6. The van der Waals surface area contributed by atoms with Crippen molar-refractivity contribution < 1.29 is 18.8 Å². The second-order valence-electron chi connectivity index (χ2n) is 6.48. The van der Waals surface area contributed by atoms with E-state index in [-0.39, 0.29) is 6.61 Å². The summed E-state index contributed by atoms with van der Waals surface area (Å²) in [7, 11) is -1.02. The van der Waals surface area contributed by atoms with Crippen LogP contribution in [0.1, 0.15) is 45.2 Å². The van der Waals surface area contributed by atoms with E-state index in [1.807, 2.05) is 45.9 Å². The Balaban J connectivity index is 2.25. The van der Waals surface area contributed by atoms with Crippen LogP contribution < -0.4 is 0 Å². The molecule has 0 spiro atoms. The highest BCUT2D eigenvalue weighted by Crippen LogP contribution is 2.39. The number of aliphatic hydroxyl groups excluding tert-OH is 1. The van der Waals surface area contributed by atoms with Gasteiger partial charge in [0.15, 0.2) is 0 Å². The van der Waals surface area contributed by atoms with Crippen LogP contribution in [-0.4, -0.2) is 30.0 Å². The van der Waals surface area contributed by atoms with E-state index >= 15 is 0 Å². The maximum atomic E-state index is 14.6. The predicted molar refractivity (Wildman–Crippen MR) is 90.2 cm³/mol. The Hall–Kier alpha value is -1.61. The van der Waals surface area contributed by atoms with Gasteiger partial charge in [-0.1, -0.05) is 30.0 Å². The van der Waals surface area contributed by atoms with Gasteiger partial charge in [0.2, 0.25) is 0 Å². The molecule has 0 atom stereocenters. The van der Waals surface area contributed by atoms with Gasteiger partial charge in [0.1, 0.15) is 5.73 Å². The van der Waals surface area contributed by atoms with Gasteiger partial charge in [0.05, 0.1) is 17.8 Å². The Morgan fingerprint density at radius 2 is 1.83 bits per heavy atom. The summed E-state index contributed by atoms with van der Waals surface area (Å²) >= 11 is 0. The SMILES string of the molecule is CC1(C)OB(C(F)=Cc2ccccc2C#CCCO)OC1(C)C. The molecule has 122 valence electrons. The smallest absolute Gasteiger partial charge is 0.398 e. The first-order valence-electron chi connectivity index (χ1n) is 7.68. The lowest BCUT2D eigenvalue weighted by Crippen LogP contribution is -2.41. The molecule has 23 heavy (non-hydrogen) atoms. The van der Waals surface area contributed by atoms with Crippen molar-refractivity contribution in [3.63, 3.8) is 0 Å². The van der Waals surface area contributed by atoms with Gasteiger partial charge in [-0.3, -0.25) is 0 Å².